The summed E-state index contributed by atoms with van der Waals surface area (Å²) in [5.41, 5.74) is 2.80. The van der Waals surface area contributed by atoms with E-state index in [0.29, 0.717) is 17.3 Å². The molecule has 1 amide bonds. The van der Waals surface area contributed by atoms with Gasteiger partial charge in [-0.25, -0.2) is 0 Å². The number of rotatable bonds is 7. The highest BCUT2D eigenvalue weighted by Crippen LogP contribution is 2.61. The number of aromatic nitrogens is 3. The first-order valence-electron chi connectivity index (χ1n) is 13.1. The van der Waals surface area contributed by atoms with Crippen molar-refractivity contribution in [1.82, 2.24) is 20.5 Å². The van der Waals surface area contributed by atoms with Crippen molar-refractivity contribution >= 4 is 17.7 Å². The summed E-state index contributed by atoms with van der Waals surface area (Å²) in [6.45, 7) is 8.73. The Kier molecular flexibility index (Phi) is 6.58. The Morgan fingerprint density at radius 1 is 1.09 bits per heavy atom. The zero-order valence-corrected chi connectivity index (χ0v) is 22.2. The Bertz CT molecular complexity index is 1100. The van der Waals surface area contributed by atoms with Gasteiger partial charge in [-0.2, -0.15) is 0 Å². The third kappa shape index (κ3) is 5.35. The molecule has 0 aliphatic heterocycles. The third-order valence-corrected chi connectivity index (χ3v) is 9.52. The van der Waals surface area contributed by atoms with Gasteiger partial charge in [0.15, 0.2) is 5.16 Å². The Balaban J connectivity index is 1.14. The van der Waals surface area contributed by atoms with Gasteiger partial charge in [-0.05, 0) is 85.2 Å². The molecule has 2 aromatic rings. The second-order valence-electron chi connectivity index (χ2n) is 12.4. The summed E-state index contributed by atoms with van der Waals surface area (Å²) in [7, 11) is 0. The summed E-state index contributed by atoms with van der Waals surface area (Å²) in [6.07, 6.45) is 8.45. The zero-order chi connectivity index (χ0) is 24.8. The molecule has 2 N–H and O–H groups in total. The van der Waals surface area contributed by atoms with E-state index in [2.05, 4.69) is 60.3 Å². The molecule has 4 bridgehead atoms. The van der Waals surface area contributed by atoms with Crippen LogP contribution in [0.5, 0.6) is 0 Å². The maximum absolute atomic E-state index is 12.7. The van der Waals surface area contributed by atoms with Crippen LogP contribution in [-0.2, 0) is 16.6 Å². The van der Waals surface area contributed by atoms with Crippen molar-refractivity contribution in [2.24, 2.45) is 23.2 Å². The Morgan fingerprint density at radius 2 is 1.69 bits per heavy atom. The van der Waals surface area contributed by atoms with Gasteiger partial charge in [0, 0.05) is 12.5 Å². The molecule has 1 aromatic heterocycles. The molecule has 0 saturated heterocycles. The molecule has 0 radical (unpaired) electrons. The fourth-order valence-electron chi connectivity index (χ4n) is 7.12. The molecule has 35 heavy (non-hydrogen) atoms. The first-order chi connectivity index (χ1) is 16.6. The molecule has 7 heteroatoms. The van der Waals surface area contributed by atoms with E-state index >= 15 is 0 Å². The number of hydrogen-bond donors (Lipinski definition) is 2. The van der Waals surface area contributed by atoms with Gasteiger partial charge >= 0.3 is 0 Å². The zero-order valence-electron chi connectivity index (χ0n) is 21.4. The molecular weight excluding hydrogens is 456 g/mol. The summed E-state index contributed by atoms with van der Waals surface area (Å²) >= 11 is 1.24. The smallest absolute Gasteiger partial charge is 0.273 e. The van der Waals surface area contributed by atoms with E-state index in [-0.39, 0.29) is 34.1 Å². The van der Waals surface area contributed by atoms with Crippen molar-refractivity contribution in [2.75, 3.05) is 5.75 Å². The highest BCUT2D eigenvalue weighted by Gasteiger charge is 2.53. The van der Waals surface area contributed by atoms with E-state index in [4.69, 9.17) is 0 Å². The van der Waals surface area contributed by atoms with E-state index in [9.17, 15) is 9.59 Å². The quantitative estimate of drug-likeness (QED) is 0.537. The van der Waals surface area contributed by atoms with Crippen LogP contribution >= 0.6 is 11.8 Å². The van der Waals surface area contributed by atoms with Crippen molar-refractivity contribution in [3.05, 3.63) is 51.4 Å². The normalized spacial score (nSPS) is 28.2. The second kappa shape index (κ2) is 9.38. The second-order valence-corrected chi connectivity index (χ2v) is 13.4. The fourth-order valence-corrected chi connectivity index (χ4v) is 7.73. The van der Waals surface area contributed by atoms with E-state index in [1.165, 1.54) is 55.9 Å². The van der Waals surface area contributed by atoms with Gasteiger partial charge < -0.3 is 5.32 Å². The average molecular weight is 495 g/mol. The van der Waals surface area contributed by atoms with Gasteiger partial charge in [0.05, 0.1) is 5.75 Å². The lowest BCUT2D eigenvalue weighted by Gasteiger charge is -2.59. The number of nitrogens with zero attached hydrogens (tertiary/aromatic N) is 2. The fraction of sp³-hybridized carbons (Fsp3) is 0.643. The molecule has 6 nitrogen and oxygen atoms in total. The summed E-state index contributed by atoms with van der Waals surface area (Å²) in [4.78, 5) is 28.1. The highest BCUT2D eigenvalue weighted by molar-refractivity contribution is 7.99. The lowest BCUT2D eigenvalue weighted by Crippen LogP contribution is -2.56. The van der Waals surface area contributed by atoms with Gasteiger partial charge in [0.1, 0.15) is 5.69 Å². The first-order valence-corrected chi connectivity index (χ1v) is 14.1. The molecule has 4 fully saturated rings. The van der Waals surface area contributed by atoms with Crippen LogP contribution in [0, 0.1) is 23.2 Å². The van der Waals surface area contributed by atoms with Crippen LogP contribution < -0.4 is 10.9 Å². The van der Waals surface area contributed by atoms with Crippen LogP contribution in [-0.4, -0.2) is 32.9 Å². The van der Waals surface area contributed by atoms with Crippen LogP contribution in [0.2, 0.25) is 0 Å². The summed E-state index contributed by atoms with van der Waals surface area (Å²) < 4.78 is 0. The maximum Gasteiger partial charge on any atom is 0.273 e. The Morgan fingerprint density at radius 3 is 2.23 bits per heavy atom. The molecule has 1 heterocycles. The molecule has 4 aliphatic rings. The molecule has 1 aromatic carbocycles. The number of hydrogen-bond acceptors (Lipinski definition) is 5. The molecule has 4 saturated carbocycles. The van der Waals surface area contributed by atoms with E-state index in [1.807, 2.05) is 12.1 Å². The van der Waals surface area contributed by atoms with E-state index in [0.717, 1.165) is 23.3 Å². The third-order valence-electron chi connectivity index (χ3n) is 8.66. The van der Waals surface area contributed by atoms with E-state index < -0.39 is 0 Å². The minimum absolute atomic E-state index is 0.00362. The predicted molar refractivity (Wildman–Crippen MR) is 140 cm³/mol. The number of carbonyl (C=O) groups is 1. The van der Waals surface area contributed by atoms with Crippen molar-refractivity contribution in [3.63, 3.8) is 0 Å². The number of carbonyl (C=O) groups excluding carboxylic acids is 1. The number of nitrogens with one attached hydrogen (secondary N) is 2. The van der Waals surface area contributed by atoms with Gasteiger partial charge in [-0.15, -0.1) is 10.2 Å². The van der Waals surface area contributed by atoms with E-state index in [1.54, 1.807) is 0 Å². The summed E-state index contributed by atoms with van der Waals surface area (Å²) in [5, 5.41) is 12.0. The summed E-state index contributed by atoms with van der Waals surface area (Å²) in [6, 6.07) is 8.48. The monoisotopic (exact) mass is 494 g/mol. The van der Waals surface area contributed by atoms with Crippen LogP contribution in [0.15, 0.2) is 34.2 Å². The largest absolute Gasteiger partial charge is 0.352 e. The van der Waals surface area contributed by atoms with Crippen molar-refractivity contribution in [2.45, 2.75) is 89.3 Å². The molecule has 1 atom stereocenters. The van der Waals surface area contributed by atoms with Crippen LogP contribution in [0.25, 0.3) is 0 Å². The lowest BCUT2D eigenvalue weighted by atomic mass is 9.48. The number of amides is 1. The van der Waals surface area contributed by atoms with Gasteiger partial charge in [0.2, 0.25) is 5.91 Å². The van der Waals surface area contributed by atoms with Crippen LogP contribution in [0.4, 0.5) is 0 Å². The SMILES string of the molecule is C[C@@H](NC(=O)CSc1nnc(Cc2ccc(C(C)(C)C)cc2)c(=O)[nH]1)C12CC3CC(CC(C3)C1)C2. The van der Waals surface area contributed by atoms with Crippen molar-refractivity contribution in [3.8, 4) is 0 Å². The molecule has 6 rings (SSSR count). The van der Waals surface area contributed by atoms with Crippen molar-refractivity contribution in [1.29, 1.82) is 0 Å². The maximum atomic E-state index is 12.7. The number of thioether (sulfide) groups is 1. The molecule has 188 valence electrons. The molecular formula is C28H38N4O2S. The van der Waals surface area contributed by atoms with Crippen LogP contribution in [0.1, 0.15) is 83.0 Å². The minimum atomic E-state index is -0.246. The number of benzene rings is 1. The summed E-state index contributed by atoms with van der Waals surface area (Å²) in [5.74, 6) is 2.83. The topological polar surface area (TPSA) is 87.7 Å². The van der Waals surface area contributed by atoms with Crippen LogP contribution in [0.3, 0.4) is 0 Å². The van der Waals surface area contributed by atoms with Gasteiger partial charge in [0.25, 0.3) is 5.56 Å². The van der Waals surface area contributed by atoms with Gasteiger partial charge in [-0.3, -0.25) is 14.6 Å². The number of aromatic amines is 1. The lowest BCUT2D eigenvalue weighted by molar-refractivity contribution is -0.123. The minimum Gasteiger partial charge on any atom is -0.352 e. The average Bonchev–Trinajstić information content (AvgIpc) is 2.78. The number of H-pyrrole nitrogens is 1. The Hall–Kier alpha value is -2.15. The standard InChI is InChI=1S/C28H38N4O2S/c1-17(28-13-19-9-20(14-28)11-21(10-19)15-28)29-24(33)16-35-26-30-25(34)23(31-32-26)12-18-5-7-22(8-6-18)27(2,3)4/h5-8,17,19-21H,9-16H2,1-4H3,(H,29,33)(H,30,32,34)/t17-,19?,20?,21?,28?/m1/s1. The highest BCUT2D eigenvalue weighted by atomic mass is 32.2. The molecule has 0 spiro atoms. The molecule has 0 unspecified atom stereocenters. The Labute approximate surface area is 212 Å². The molecule has 4 aliphatic carbocycles. The predicted octanol–water partition coefficient (Wildman–Crippen LogP) is 4.87. The first kappa shape index (κ1) is 24.5. The van der Waals surface area contributed by atoms with Crippen molar-refractivity contribution < 1.29 is 4.79 Å². The van der Waals surface area contributed by atoms with Gasteiger partial charge in [-0.1, -0.05) is 56.8 Å².